The van der Waals surface area contributed by atoms with Crippen molar-refractivity contribution in [1.29, 1.82) is 0 Å². The first-order valence-electron chi connectivity index (χ1n) is 11.3. The van der Waals surface area contributed by atoms with E-state index in [0.717, 1.165) is 49.1 Å². The van der Waals surface area contributed by atoms with E-state index in [1.54, 1.807) is 0 Å². The molecule has 1 saturated heterocycles. The van der Waals surface area contributed by atoms with Crippen LogP contribution in [0.3, 0.4) is 0 Å². The summed E-state index contributed by atoms with van der Waals surface area (Å²) in [6.45, 7) is 10.9. The number of carbonyl (C=O) groups is 1. The number of nitrogens with one attached hydrogen (secondary N) is 1. The molecule has 0 aromatic heterocycles. The third-order valence-electron chi connectivity index (χ3n) is 9.33. The van der Waals surface area contributed by atoms with Gasteiger partial charge in [-0.15, -0.1) is 0 Å². The summed E-state index contributed by atoms with van der Waals surface area (Å²) in [5, 5.41) is 3.94. The molecule has 148 valence electrons. The van der Waals surface area contributed by atoms with Crippen molar-refractivity contribution in [3.63, 3.8) is 0 Å². The van der Waals surface area contributed by atoms with Gasteiger partial charge >= 0.3 is 0 Å². The quantitative estimate of drug-likeness (QED) is 0.806. The highest BCUT2D eigenvalue weighted by Gasteiger charge is 2.60. The van der Waals surface area contributed by atoms with Crippen LogP contribution < -0.4 is 5.32 Å². The monoisotopic (exact) mass is 360 g/mol. The van der Waals surface area contributed by atoms with Crippen molar-refractivity contribution in [3.05, 3.63) is 0 Å². The lowest BCUT2D eigenvalue weighted by Gasteiger charge is -2.61. The standard InChI is InChI=1S/C23H40N2O/c1-15(2)14-24-19-8-7-17-16-6-9-20-23(4,13-11-21(26)25(20)5)18(16)10-12-22(17,19)3/h15-20,24H,6-14H2,1-5H3/t16-,17-,18-,19-,20+,22-,23+/m0/s1. The van der Waals surface area contributed by atoms with Crippen LogP contribution in [-0.4, -0.2) is 36.5 Å². The van der Waals surface area contributed by atoms with E-state index in [9.17, 15) is 4.79 Å². The van der Waals surface area contributed by atoms with Crippen molar-refractivity contribution in [2.24, 2.45) is 34.5 Å². The number of likely N-dealkylation sites (tertiary alicyclic amines) is 1. The van der Waals surface area contributed by atoms with Crippen molar-refractivity contribution in [2.45, 2.75) is 91.1 Å². The van der Waals surface area contributed by atoms with Crippen LogP contribution in [0.25, 0.3) is 0 Å². The summed E-state index contributed by atoms with van der Waals surface area (Å²) in [6.07, 6.45) is 10.0. The zero-order valence-electron chi connectivity index (χ0n) is 17.7. The molecule has 1 N–H and O–H groups in total. The summed E-state index contributed by atoms with van der Waals surface area (Å²) in [6, 6.07) is 1.21. The second kappa shape index (κ2) is 6.50. The molecular weight excluding hydrogens is 320 g/mol. The Morgan fingerprint density at radius 2 is 1.77 bits per heavy atom. The van der Waals surface area contributed by atoms with Gasteiger partial charge in [-0.25, -0.2) is 0 Å². The Morgan fingerprint density at radius 3 is 2.50 bits per heavy atom. The van der Waals surface area contributed by atoms with Gasteiger partial charge in [0.05, 0.1) is 0 Å². The fraction of sp³-hybridized carbons (Fsp3) is 0.957. The van der Waals surface area contributed by atoms with Crippen molar-refractivity contribution in [1.82, 2.24) is 10.2 Å². The largest absolute Gasteiger partial charge is 0.342 e. The highest BCUT2D eigenvalue weighted by Crippen LogP contribution is 2.64. The molecule has 3 aliphatic carbocycles. The van der Waals surface area contributed by atoms with Gasteiger partial charge in [-0.1, -0.05) is 27.7 Å². The molecule has 3 saturated carbocycles. The number of carbonyl (C=O) groups excluding carboxylic acids is 1. The van der Waals surface area contributed by atoms with Crippen LogP contribution >= 0.6 is 0 Å². The fourth-order valence-electron chi connectivity index (χ4n) is 7.86. The van der Waals surface area contributed by atoms with Crippen LogP contribution in [0, 0.1) is 34.5 Å². The zero-order chi connectivity index (χ0) is 18.7. The molecular formula is C23H40N2O. The maximum absolute atomic E-state index is 12.3. The Labute approximate surface area is 160 Å². The lowest BCUT2D eigenvalue weighted by molar-refractivity contribution is -0.157. The zero-order valence-corrected chi connectivity index (χ0v) is 17.7. The van der Waals surface area contributed by atoms with Gasteiger partial charge in [0.2, 0.25) is 5.91 Å². The van der Waals surface area contributed by atoms with Crippen LogP contribution in [0.15, 0.2) is 0 Å². The smallest absolute Gasteiger partial charge is 0.222 e. The molecule has 0 unspecified atom stereocenters. The number of amides is 1. The van der Waals surface area contributed by atoms with Gasteiger partial charge in [0.25, 0.3) is 0 Å². The molecule has 1 aliphatic heterocycles. The van der Waals surface area contributed by atoms with E-state index in [4.69, 9.17) is 0 Å². The van der Waals surface area contributed by atoms with Gasteiger partial charge in [0.1, 0.15) is 0 Å². The molecule has 0 spiro atoms. The van der Waals surface area contributed by atoms with E-state index in [1.165, 1.54) is 38.5 Å². The topological polar surface area (TPSA) is 32.3 Å². The Bertz CT molecular complexity index is 560. The first-order valence-corrected chi connectivity index (χ1v) is 11.3. The second-order valence-corrected chi connectivity index (χ2v) is 11.0. The van der Waals surface area contributed by atoms with E-state index in [0.29, 0.717) is 22.8 Å². The summed E-state index contributed by atoms with van der Waals surface area (Å²) in [4.78, 5) is 14.4. The molecule has 4 rings (SSSR count). The van der Waals surface area contributed by atoms with Crippen LogP contribution in [-0.2, 0) is 4.79 Å². The first kappa shape index (κ1) is 18.8. The predicted octanol–water partition coefficient (Wildman–Crippen LogP) is 4.46. The predicted molar refractivity (Wildman–Crippen MR) is 107 cm³/mol. The van der Waals surface area contributed by atoms with E-state index in [-0.39, 0.29) is 0 Å². The average molecular weight is 361 g/mol. The number of fused-ring (bicyclic) bond motifs is 5. The molecule has 0 aromatic carbocycles. The summed E-state index contributed by atoms with van der Waals surface area (Å²) in [7, 11) is 2.07. The van der Waals surface area contributed by atoms with E-state index >= 15 is 0 Å². The van der Waals surface area contributed by atoms with E-state index in [2.05, 4.69) is 45.0 Å². The number of rotatable bonds is 3. The molecule has 4 aliphatic rings. The molecule has 0 radical (unpaired) electrons. The van der Waals surface area contributed by atoms with Gasteiger partial charge in [-0.3, -0.25) is 4.79 Å². The van der Waals surface area contributed by atoms with Crippen molar-refractivity contribution in [2.75, 3.05) is 13.6 Å². The van der Waals surface area contributed by atoms with Crippen molar-refractivity contribution in [3.8, 4) is 0 Å². The minimum Gasteiger partial charge on any atom is -0.342 e. The fourth-order valence-corrected chi connectivity index (χ4v) is 7.86. The molecule has 3 nitrogen and oxygen atoms in total. The Kier molecular flexibility index (Phi) is 4.69. The Balaban J connectivity index is 1.54. The van der Waals surface area contributed by atoms with E-state index in [1.807, 2.05) is 0 Å². The third-order valence-corrected chi connectivity index (χ3v) is 9.33. The molecule has 7 atom stereocenters. The molecule has 26 heavy (non-hydrogen) atoms. The normalized spacial score (nSPS) is 48.3. The summed E-state index contributed by atoms with van der Waals surface area (Å²) < 4.78 is 0. The molecule has 1 heterocycles. The van der Waals surface area contributed by atoms with Crippen molar-refractivity contribution < 1.29 is 4.79 Å². The van der Waals surface area contributed by atoms with Gasteiger partial charge in [0, 0.05) is 25.6 Å². The van der Waals surface area contributed by atoms with Crippen molar-refractivity contribution >= 4 is 5.91 Å². The average Bonchev–Trinajstić information content (AvgIpc) is 2.93. The van der Waals surface area contributed by atoms with Crippen LogP contribution in [0.1, 0.15) is 79.1 Å². The second-order valence-electron chi connectivity index (χ2n) is 11.0. The van der Waals surface area contributed by atoms with Crippen LogP contribution in [0.4, 0.5) is 0 Å². The summed E-state index contributed by atoms with van der Waals surface area (Å²) in [5.41, 5.74) is 0.853. The molecule has 4 fully saturated rings. The highest BCUT2D eigenvalue weighted by atomic mass is 16.2. The highest BCUT2D eigenvalue weighted by molar-refractivity contribution is 5.77. The summed E-state index contributed by atoms with van der Waals surface area (Å²) >= 11 is 0. The minimum absolute atomic E-state index is 0.357. The van der Waals surface area contributed by atoms with E-state index < -0.39 is 0 Å². The summed E-state index contributed by atoms with van der Waals surface area (Å²) in [5.74, 6) is 3.73. The lowest BCUT2D eigenvalue weighted by Crippen LogP contribution is -2.61. The SMILES string of the molecule is CC(C)CN[C@H]1CC[C@H]2[C@@H]3CC[C@H]4N(C)C(=O)CC[C@]4(C)[C@H]3CC[C@]12C. The van der Waals surface area contributed by atoms with Gasteiger partial charge < -0.3 is 10.2 Å². The number of hydrogen-bond donors (Lipinski definition) is 1. The molecule has 0 aromatic rings. The molecule has 1 amide bonds. The van der Waals surface area contributed by atoms with Gasteiger partial charge in [0.15, 0.2) is 0 Å². The number of nitrogens with zero attached hydrogens (tertiary/aromatic N) is 1. The minimum atomic E-state index is 0.357. The molecule has 0 bridgehead atoms. The maximum Gasteiger partial charge on any atom is 0.222 e. The Hall–Kier alpha value is -0.570. The number of piperidine rings is 1. The van der Waals surface area contributed by atoms with Gasteiger partial charge in [-0.2, -0.15) is 0 Å². The maximum atomic E-state index is 12.3. The van der Waals surface area contributed by atoms with Crippen LogP contribution in [0.5, 0.6) is 0 Å². The number of hydrogen-bond acceptors (Lipinski definition) is 2. The van der Waals surface area contributed by atoms with Gasteiger partial charge in [-0.05, 0) is 86.0 Å². The third kappa shape index (κ3) is 2.67. The Morgan fingerprint density at radius 1 is 1.04 bits per heavy atom. The lowest BCUT2D eigenvalue weighted by atomic mass is 9.47. The van der Waals surface area contributed by atoms with Crippen LogP contribution in [0.2, 0.25) is 0 Å². The first-order chi connectivity index (χ1) is 12.3. The molecule has 3 heteroatoms.